The summed E-state index contributed by atoms with van der Waals surface area (Å²) in [5, 5.41) is 0. The van der Waals surface area contributed by atoms with E-state index in [4.69, 9.17) is 4.74 Å². The molecular weight excluding hydrogens is 212 g/mol. The molecule has 0 N–H and O–H groups in total. The zero-order valence-corrected chi connectivity index (χ0v) is 10.7. The van der Waals surface area contributed by atoms with E-state index in [0.717, 1.165) is 23.8 Å². The van der Waals surface area contributed by atoms with Gasteiger partial charge in [-0.05, 0) is 38.7 Å². The van der Waals surface area contributed by atoms with Crippen molar-refractivity contribution < 1.29 is 9.53 Å². The minimum atomic E-state index is 0.184. The molecule has 0 unspecified atom stereocenters. The highest BCUT2D eigenvalue weighted by atomic mass is 16.5. The molecule has 2 heteroatoms. The van der Waals surface area contributed by atoms with Crippen LogP contribution in [0.15, 0.2) is 18.2 Å². The highest BCUT2D eigenvalue weighted by Gasteiger charge is 2.18. The van der Waals surface area contributed by atoms with Crippen LogP contribution in [0.5, 0.6) is 5.75 Å². The molecule has 1 aliphatic carbocycles. The lowest BCUT2D eigenvalue weighted by Crippen LogP contribution is -2.19. The molecule has 17 heavy (non-hydrogen) atoms. The van der Waals surface area contributed by atoms with Gasteiger partial charge in [0.2, 0.25) is 0 Å². The van der Waals surface area contributed by atoms with Gasteiger partial charge in [0, 0.05) is 12.0 Å². The summed E-state index contributed by atoms with van der Waals surface area (Å²) >= 11 is 0. The minimum absolute atomic E-state index is 0.184. The van der Waals surface area contributed by atoms with E-state index in [1.165, 1.54) is 24.8 Å². The van der Waals surface area contributed by atoms with E-state index in [1.54, 1.807) is 6.92 Å². The molecule has 0 heterocycles. The molecule has 0 saturated heterocycles. The molecule has 1 aliphatic rings. The number of hydrogen-bond acceptors (Lipinski definition) is 2. The number of aryl methyl sites for hydroxylation is 1. The zero-order chi connectivity index (χ0) is 12.3. The topological polar surface area (TPSA) is 26.3 Å². The van der Waals surface area contributed by atoms with Gasteiger partial charge in [0.15, 0.2) is 0 Å². The Labute approximate surface area is 103 Å². The second kappa shape index (κ2) is 5.35. The SMILES string of the molecule is CC(=O)Cc1cc(C)ccc1OCC1CCC1. The van der Waals surface area contributed by atoms with Gasteiger partial charge in [0.25, 0.3) is 0 Å². The van der Waals surface area contributed by atoms with Crippen molar-refractivity contribution in [2.45, 2.75) is 39.5 Å². The van der Waals surface area contributed by atoms with Crippen LogP contribution in [0.3, 0.4) is 0 Å². The van der Waals surface area contributed by atoms with Gasteiger partial charge in [-0.1, -0.05) is 24.1 Å². The average Bonchev–Trinajstić information content (AvgIpc) is 2.17. The smallest absolute Gasteiger partial charge is 0.134 e. The fraction of sp³-hybridized carbons (Fsp3) is 0.533. The predicted molar refractivity (Wildman–Crippen MR) is 68.4 cm³/mol. The molecule has 0 spiro atoms. The summed E-state index contributed by atoms with van der Waals surface area (Å²) in [6.07, 6.45) is 4.38. The molecule has 2 nitrogen and oxygen atoms in total. The van der Waals surface area contributed by atoms with Crippen molar-refractivity contribution in [2.75, 3.05) is 6.61 Å². The van der Waals surface area contributed by atoms with Crippen LogP contribution in [0.1, 0.15) is 37.3 Å². The quantitative estimate of drug-likeness (QED) is 0.778. The fourth-order valence-electron chi connectivity index (χ4n) is 2.12. The monoisotopic (exact) mass is 232 g/mol. The molecule has 0 amide bonds. The maximum atomic E-state index is 11.2. The number of hydrogen-bond donors (Lipinski definition) is 0. The van der Waals surface area contributed by atoms with E-state index in [9.17, 15) is 4.79 Å². The molecule has 1 aromatic rings. The normalized spacial score (nSPS) is 15.4. The number of rotatable bonds is 5. The lowest BCUT2D eigenvalue weighted by molar-refractivity contribution is -0.116. The van der Waals surface area contributed by atoms with Crippen LogP contribution in [0.2, 0.25) is 0 Å². The Balaban J connectivity index is 2.04. The largest absolute Gasteiger partial charge is 0.493 e. The third kappa shape index (κ3) is 3.32. The number of carbonyl (C=O) groups is 1. The first-order valence-corrected chi connectivity index (χ1v) is 6.37. The van der Waals surface area contributed by atoms with Crippen molar-refractivity contribution in [2.24, 2.45) is 5.92 Å². The number of Topliss-reactive ketones (excluding diaryl/α,β-unsaturated/α-hetero) is 1. The number of ketones is 1. The molecule has 1 aromatic carbocycles. The van der Waals surface area contributed by atoms with Gasteiger partial charge >= 0.3 is 0 Å². The summed E-state index contributed by atoms with van der Waals surface area (Å²) < 4.78 is 5.84. The molecule has 1 fully saturated rings. The molecule has 92 valence electrons. The summed E-state index contributed by atoms with van der Waals surface area (Å²) in [7, 11) is 0. The van der Waals surface area contributed by atoms with Crippen LogP contribution in [0.4, 0.5) is 0 Å². The van der Waals surface area contributed by atoms with Crippen LogP contribution >= 0.6 is 0 Å². The highest BCUT2D eigenvalue weighted by molar-refractivity contribution is 5.79. The van der Waals surface area contributed by atoms with Crippen molar-refractivity contribution in [3.8, 4) is 5.75 Å². The van der Waals surface area contributed by atoms with E-state index in [-0.39, 0.29) is 5.78 Å². The first kappa shape index (κ1) is 12.2. The molecular formula is C15H20O2. The van der Waals surface area contributed by atoms with Gasteiger partial charge in [-0.25, -0.2) is 0 Å². The van der Waals surface area contributed by atoms with Crippen LogP contribution in [0.25, 0.3) is 0 Å². The van der Waals surface area contributed by atoms with Crippen molar-refractivity contribution in [1.82, 2.24) is 0 Å². The summed E-state index contributed by atoms with van der Waals surface area (Å²) in [4.78, 5) is 11.2. The standard InChI is InChI=1S/C15H20O2/c1-11-6-7-15(14(8-11)9-12(2)16)17-10-13-4-3-5-13/h6-8,13H,3-5,9-10H2,1-2H3. The molecule has 1 saturated carbocycles. The Morgan fingerprint density at radius 3 is 2.76 bits per heavy atom. The van der Waals surface area contributed by atoms with E-state index >= 15 is 0 Å². The Hall–Kier alpha value is -1.31. The van der Waals surface area contributed by atoms with Gasteiger partial charge in [-0.2, -0.15) is 0 Å². The predicted octanol–water partition coefficient (Wildman–Crippen LogP) is 3.31. The first-order chi connectivity index (χ1) is 8.15. The summed E-state index contributed by atoms with van der Waals surface area (Å²) in [5.41, 5.74) is 2.20. The molecule has 2 rings (SSSR count). The van der Waals surface area contributed by atoms with Crippen LogP contribution in [-0.4, -0.2) is 12.4 Å². The molecule has 0 aliphatic heterocycles. The van der Waals surface area contributed by atoms with E-state index < -0.39 is 0 Å². The van der Waals surface area contributed by atoms with E-state index in [2.05, 4.69) is 6.07 Å². The van der Waals surface area contributed by atoms with Crippen LogP contribution in [-0.2, 0) is 11.2 Å². The Morgan fingerprint density at radius 2 is 2.18 bits per heavy atom. The van der Waals surface area contributed by atoms with Gasteiger partial charge in [0.1, 0.15) is 11.5 Å². The number of benzene rings is 1. The maximum Gasteiger partial charge on any atom is 0.134 e. The van der Waals surface area contributed by atoms with Crippen molar-refractivity contribution in [3.05, 3.63) is 29.3 Å². The minimum Gasteiger partial charge on any atom is -0.493 e. The van der Waals surface area contributed by atoms with Crippen LogP contribution < -0.4 is 4.74 Å². The lowest BCUT2D eigenvalue weighted by Gasteiger charge is -2.25. The molecule has 0 aromatic heterocycles. The van der Waals surface area contributed by atoms with E-state index in [1.807, 2.05) is 19.1 Å². The maximum absolute atomic E-state index is 11.2. The van der Waals surface area contributed by atoms with Crippen molar-refractivity contribution in [3.63, 3.8) is 0 Å². The highest BCUT2D eigenvalue weighted by Crippen LogP contribution is 2.28. The lowest BCUT2D eigenvalue weighted by atomic mass is 9.86. The van der Waals surface area contributed by atoms with Gasteiger partial charge in [-0.3, -0.25) is 4.79 Å². The second-order valence-corrected chi connectivity index (χ2v) is 5.10. The molecule has 0 bridgehead atoms. The number of carbonyl (C=O) groups excluding carboxylic acids is 1. The Morgan fingerprint density at radius 1 is 1.41 bits per heavy atom. The summed E-state index contributed by atoms with van der Waals surface area (Å²) in [6, 6.07) is 6.09. The van der Waals surface area contributed by atoms with E-state index in [0.29, 0.717) is 6.42 Å². The second-order valence-electron chi connectivity index (χ2n) is 5.10. The zero-order valence-electron chi connectivity index (χ0n) is 10.7. The Bertz CT molecular complexity index is 405. The van der Waals surface area contributed by atoms with Crippen molar-refractivity contribution in [1.29, 1.82) is 0 Å². The summed E-state index contributed by atoms with van der Waals surface area (Å²) in [5.74, 6) is 1.79. The van der Waals surface area contributed by atoms with Crippen LogP contribution in [0, 0.1) is 12.8 Å². The third-order valence-corrected chi connectivity index (χ3v) is 3.35. The molecule has 0 radical (unpaired) electrons. The van der Waals surface area contributed by atoms with Gasteiger partial charge in [-0.15, -0.1) is 0 Å². The third-order valence-electron chi connectivity index (χ3n) is 3.35. The molecule has 0 atom stereocenters. The van der Waals surface area contributed by atoms with Gasteiger partial charge in [0.05, 0.1) is 6.61 Å². The van der Waals surface area contributed by atoms with Crippen molar-refractivity contribution >= 4 is 5.78 Å². The number of ether oxygens (including phenoxy) is 1. The average molecular weight is 232 g/mol. The summed E-state index contributed by atoms with van der Waals surface area (Å²) in [6.45, 7) is 4.46. The fourth-order valence-corrected chi connectivity index (χ4v) is 2.12. The van der Waals surface area contributed by atoms with Gasteiger partial charge < -0.3 is 4.74 Å². The Kier molecular flexibility index (Phi) is 3.82. The first-order valence-electron chi connectivity index (χ1n) is 6.37.